The van der Waals surface area contributed by atoms with Crippen LogP contribution < -0.4 is 4.46 Å². The first kappa shape index (κ1) is 24.5. The average Bonchev–Trinajstić information content (AvgIpc) is 2.80. The molecule has 0 unspecified atom stereocenters. The zero-order valence-corrected chi connectivity index (χ0v) is 21.3. The van der Waals surface area contributed by atoms with Gasteiger partial charge in [0.25, 0.3) is 0 Å². The van der Waals surface area contributed by atoms with Crippen LogP contribution in [-0.2, 0) is 10.2 Å². The summed E-state index contributed by atoms with van der Waals surface area (Å²) >= 11 is 0.0261. The van der Waals surface area contributed by atoms with Gasteiger partial charge in [-0.25, -0.2) is 0 Å². The Bertz CT molecular complexity index is 931. The van der Waals surface area contributed by atoms with E-state index >= 15 is 0 Å². The van der Waals surface area contributed by atoms with Crippen LogP contribution in [0.5, 0.6) is 0 Å². The predicted molar refractivity (Wildman–Crippen MR) is 130 cm³/mol. The molecule has 0 spiro atoms. The van der Waals surface area contributed by atoms with E-state index in [4.69, 9.17) is 4.74 Å². The fourth-order valence-corrected chi connectivity index (χ4v) is 7.39. The first-order valence-electron chi connectivity index (χ1n) is 11.5. The molecule has 0 bridgehead atoms. The van der Waals surface area contributed by atoms with Gasteiger partial charge < -0.3 is 0 Å². The van der Waals surface area contributed by atoms with Crippen LogP contribution in [0.2, 0.25) is 0 Å². The Balaban J connectivity index is 1.88. The second kappa shape index (κ2) is 10.7. The number of hydrogen-bond donors (Lipinski definition) is 0. The van der Waals surface area contributed by atoms with Crippen LogP contribution in [0.15, 0.2) is 60.7 Å². The molecule has 1 aliphatic carbocycles. The van der Waals surface area contributed by atoms with Gasteiger partial charge in [-0.1, -0.05) is 0 Å². The quantitative estimate of drug-likeness (QED) is 0.451. The van der Waals surface area contributed by atoms with Crippen LogP contribution in [0.4, 0.5) is 0 Å². The number of rotatable bonds is 8. The Kier molecular flexibility index (Phi) is 8.19. The van der Waals surface area contributed by atoms with E-state index in [-0.39, 0.29) is 31.5 Å². The normalized spacial score (nSPS) is 22.5. The maximum atomic E-state index is 9.66. The molecule has 3 rings (SSSR count). The van der Waals surface area contributed by atoms with Crippen LogP contribution in [0.3, 0.4) is 0 Å². The van der Waals surface area contributed by atoms with Gasteiger partial charge in [-0.2, -0.15) is 0 Å². The van der Waals surface area contributed by atoms with E-state index in [0.29, 0.717) is 18.3 Å². The molecule has 32 heavy (non-hydrogen) atoms. The topological polar surface area (TPSA) is 56.8 Å². The molecule has 1 aliphatic rings. The van der Waals surface area contributed by atoms with Gasteiger partial charge in [0, 0.05) is 0 Å². The summed E-state index contributed by atoms with van der Waals surface area (Å²) in [7, 11) is 0. The summed E-state index contributed by atoms with van der Waals surface area (Å²) in [5.74, 6) is 1.01. The standard InChI is InChI=1S/C28H34N2OSe/c1-21-15-16-24(27(2,3)22-11-7-5-8-12-22)25(17-21)31-26(18-28(4,19-29)20-30)32-23-13-9-6-10-14-23/h5-14,21,24-26H,15-18H2,1-4H3/t21-,24-,25-,26+/m1/s1. The van der Waals surface area contributed by atoms with Crippen molar-refractivity contribution in [1.29, 1.82) is 10.5 Å². The molecule has 2 aromatic rings. The molecule has 0 radical (unpaired) electrons. The van der Waals surface area contributed by atoms with Crippen molar-refractivity contribution in [2.45, 2.75) is 69.9 Å². The number of ether oxygens (including phenoxy) is 1. The zero-order valence-electron chi connectivity index (χ0n) is 19.6. The van der Waals surface area contributed by atoms with Crippen molar-refractivity contribution >= 4 is 19.4 Å². The van der Waals surface area contributed by atoms with Gasteiger partial charge in [-0.3, -0.25) is 0 Å². The summed E-state index contributed by atoms with van der Waals surface area (Å²) in [6.07, 6.45) is 3.93. The van der Waals surface area contributed by atoms with Crippen molar-refractivity contribution < 1.29 is 4.74 Å². The fraction of sp³-hybridized carbons (Fsp3) is 0.500. The van der Waals surface area contributed by atoms with Gasteiger partial charge in [0.05, 0.1) is 0 Å². The number of nitriles is 2. The molecule has 0 aromatic heterocycles. The summed E-state index contributed by atoms with van der Waals surface area (Å²) in [6, 6.07) is 25.6. The number of benzene rings is 2. The first-order chi connectivity index (χ1) is 15.3. The molecule has 0 aliphatic heterocycles. The molecule has 2 aromatic carbocycles. The summed E-state index contributed by atoms with van der Waals surface area (Å²) in [5.41, 5.74) is 0.299. The van der Waals surface area contributed by atoms with E-state index in [1.165, 1.54) is 16.4 Å². The molecule has 1 saturated carbocycles. The second-order valence-electron chi connectivity index (χ2n) is 9.91. The Hall–Kier alpha value is -2.10. The molecule has 168 valence electrons. The molecule has 4 atom stereocenters. The Labute approximate surface area is 200 Å². The summed E-state index contributed by atoms with van der Waals surface area (Å²) in [4.78, 5) is 0. The molecule has 0 amide bonds. The van der Waals surface area contributed by atoms with E-state index < -0.39 is 5.41 Å². The first-order valence-corrected chi connectivity index (χ1v) is 13.4. The number of hydrogen-bond acceptors (Lipinski definition) is 3. The van der Waals surface area contributed by atoms with E-state index in [1.54, 1.807) is 6.92 Å². The van der Waals surface area contributed by atoms with E-state index in [9.17, 15) is 10.5 Å². The predicted octanol–water partition coefficient (Wildman–Crippen LogP) is 5.58. The molecule has 3 nitrogen and oxygen atoms in total. The van der Waals surface area contributed by atoms with E-state index in [0.717, 1.165) is 12.8 Å². The van der Waals surface area contributed by atoms with Gasteiger partial charge in [0.1, 0.15) is 0 Å². The van der Waals surface area contributed by atoms with Crippen molar-refractivity contribution in [2.24, 2.45) is 17.3 Å². The van der Waals surface area contributed by atoms with E-state index in [2.05, 4.69) is 75.4 Å². The second-order valence-corrected chi connectivity index (χ2v) is 12.5. The summed E-state index contributed by atoms with van der Waals surface area (Å²) < 4.78 is 8.15. The molecule has 0 N–H and O–H groups in total. The van der Waals surface area contributed by atoms with Gasteiger partial charge in [0.2, 0.25) is 0 Å². The molecule has 4 heteroatoms. The Morgan fingerprint density at radius 1 is 0.969 bits per heavy atom. The van der Waals surface area contributed by atoms with Gasteiger partial charge in [-0.15, -0.1) is 0 Å². The minimum absolute atomic E-state index is 0.00980. The van der Waals surface area contributed by atoms with Crippen molar-refractivity contribution in [3.63, 3.8) is 0 Å². The fourth-order valence-electron chi connectivity index (χ4n) is 4.80. The van der Waals surface area contributed by atoms with Crippen molar-refractivity contribution in [3.05, 3.63) is 66.2 Å². The van der Waals surface area contributed by atoms with Crippen LogP contribution in [0.1, 0.15) is 58.9 Å². The molecule has 0 saturated heterocycles. The van der Waals surface area contributed by atoms with Gasteiger partial charge in [-0.05, 0) is 0 Å². The third-order valence-electron chi connectivity index (χ3n) is 6.90. The molecule has 1 fully saturated rings. The molecular weight excluding hydrogens is 459 g/mol. The Morgan fingerprint density at radius 2 is 1.56 bits per heavy atom. The average molecular weight is 494 g/mol. The third-order valence-corrected chi connectivity index (χ3v) is 9.18. The van der Waals surface area contributed by atoms with Crippen LogP contribution in [0, 0.1) is 39.9 Å². The van der Waals surface area contributed by atoms with Crippen molar-refractivity contribution in [1.82, 2.24) is 0 Å². The summed E-state index contributed by atoms with van der Waals surface area (Å²) in [6.45, 7) is 8.73. The van der Waals surface area contributed by atoms with E-state index in [1.807, 2.05) is 18.2 Å². The molecule has 0 heterocycles. The Morgan fingerprint density at radius 3 is 2.16 bits per heavy atom. The zero-order chi connectivity index (χ0) is 23.2. The third kappa shape index (κ3) is 6.02. The monoisotopic (exact) mass is 494 g/mol. The maximum absolute atomic E-state index is 9.66. The summed E-state index contributed by atoms with van der Waals surface area (Å²) in [5, 5.41) is 19.2. The van der Waals surface area contributed by atoms with Gasteiger partial charge in [0.15, 0.2) is 0 Å². The van der Waals surface area contributed by atoms with Crippen molar-refractivity contribution in [3.8, 4) is 12.1 Å². The van der Waals surface area contributed by atoms with Crippen LogP contribution in [-0.4, -0.2) is 26.1 Å². The van der Waals surface area contributed by atoms with Gasteiger partial charge >= 0.3 is 200 Å². The minimum atomic E-state index is -1.04. The van der Waals surface area contributed by atoms with Crippen LogP contribution in [0.25, 0.3) is 0 Å². The van der Waals surface area contributed by atoms with Crippen LogP contribution >= 0.6 is 0 Å². The van der Waals surface area contributed by atoms with Crippen molar-refractivity contribution in [2.75, 3.05) is 0 Å². The SMILES string of the molecule is C[C@@H]1CC[C@@H](C(C)(C)c2ccccc2)[C@H](O[C@H](CC(C)(C#N)C#N)[Se]c2ccccc2)C1. The molecular formula is C28H34N2OSe. The number of nitrogens with zero attached hydrogens (tertiary/aromatic N) is 2.